The number of aliphatic carboxylic acids is 1. The van der Waals surface area contributed by atoms with Crippen molar-refractivity contribution in [1.82, 2.24) is 5.32 Å². The Labute approximate surface area is 131 Å². The summed E-state index contributed by atoms with van der Waals surface area (Å²) in [4.78, 5) is 22.8. The summed E-state index contributed by atoms with van der Waals surface area (Å²) in [6.07, 6.45) is 5.43. The first kappa shape index (κ1) is 16.5. The fourth-order valence-corrected chi connectivity index (χ4v) is 3.01. The molecule has 22 heavy (non-hydrogen) atoms. The molecule has 0 saturated heterocycles. The van der Waals surface area contributed by atoms with E-state index in [0.29, 0.717) is 19.3 Å². The highest BCUT2D eigenvalue weighted by Gasteiger charge is 2.30. The maximum atomic E-state index is 11.9. The normalized spacial score (nSPS) is 20.8. The van der Waals surface area contributed by atoms with Crippen LogP contribution in [0.3, 0.4) is 0 Å². The van der Waals surface area contributed by atoms with Gasteiger partial charge in [-0.15, -0.1) is 0 Å². The number of aryl methyl sites for hydroxylation is 2. The molecule has 4 nitrogen and oxygen atoms in total. The number of rotatable bonds is 7. The van der Waals surface area contributed by atoms with Gasteiger partial charge in [-0.25, -0.2) is 0 Å². The number of carbonyl (C=O) groups excluding carboxylic acids is 1. The van der Waals surface area contributed by atoms with Crippen LogP contribution in [0.1, 0.15) is 49.7 Å². The fourth-order valence-electron chi connectivity index (χ4n) is 3.01. The summed E-state index contributed by atoms with van der Waals surface area (Å²) in [5.74, 6) is -0.971. The molecule has 1 aromatic rings. The molecule has 1 aliphatic rings. The lowest BCUT2D eigenvalue weighted by Crippen LogP contribution is -2.33. The van der Waals surface area contributed by atoms with E-state index in [1.807, 2.05) is 0 Å². The molecule has 0 bridgehead atoms. The number of carboxylic acid groups (broad SMARTS) is 1. The van der Waals surface area contributed by atoms with Gasteiger partial charge in [0, 0.05) is 12.5 Å². The van der Waals surface area contributed by atoms with Gasteiger partial charge in [0.15, 0.2) is 0 Å². The largest absolute Gasteiger partial charge is 0.481 e. The van der Waals surface area contributed by atoms with Gasteiger partial charge in [0.25, 0.3) is 0 Å². The van der Waals surface area contributed by atoms with Crippen molar-refractivity contribution >= 4 is 11.9 Å². The maximum Gasteiger partial charge on any atom is 0.306 e. The zero-order valence-corrected chi connectivity index (χ0v) is 13.2. The minimum atomic E-state index is -0.741. The number of amides is 1. The fraction of sp³-hybridized carbons (Fsp3) is 0.556. The van der Waals surface area contributed by atoms with Gasteiger partial charge in [0.05, 0.1) is 5.92 Å². The molecule has 1 amide bonds. The molecule has 1 aliphatic carbocycles. The predicted molar refractivity (Wildman–Crippen MR) is 85.6 cm³/mol. The molecule has 2 atom stereocenters. The molecule has 0 spiro atoms. The first-order valence-corrected chi connectivity index (χ1v) is 8.12. The third-order valence-corrected chi connectivity index (χ3v) is 4.39. The van der Waals surface area contributed by atoms with Crippen molar-refractivity contribution < 1.29 is 14.7 Å². The monoisotopic (exact) mass is 303 g/mol. The van der Waals surface area contributed by atoms with Crippen molar-refractivity contribution in [3.63, 3.8) is 0 Å². The molecule has 1 fully saturated rings. The third kappa shape index (κ3) is 5.17. The van der Waals surface area contributed by atoms with Crippen LogP contribution in [0.15, 0.2) is 24.3 Å². The molecule has 1 saturated carbocycles. The summed E-state index contributed by atoms with van der Waals surface area (Å²) in [7, 11) is 0. The number of carbonyl (C=O) groups is 2. The number of unbranched alkanes of at least 4 members (excludes halogenated alkanes) is 1. The van der Waals surface area contributed by atoms with Gasteiger partial charge >= 0.3 is 5.97 Å². The second-order valence-electron chi connectivity index (χ2n) is 6.31. The molecule has 0 aliphatic heterocycles. The minimum Gasteiger partial charge on any atom is -0.481 e. The first-order chi connectivity index (χ1) is 10.5. The van der Waals surface area contributed by atoms with Crippen LogP contribution in [0.25, 0.3) is 0 Å². The van der Waals surface area contributed by atoms with E-state index < -0.39 is 5.97 Å². The standard InChI is InChI=1S/C18H25NO3/c1-13-6-8-14(9-7-13)4-2-3-5-17(20)19-16-11-10-15(12-16)18(21)22/h6-9,15-16H,2-5,10-12H2,1H3,(H,19,20)(H,21,22)/t15-,16+/m1/s1. The van der Waals surface area contributed by atoms with Crippen LogP contribution in [0.5, 0.6) is 0 Å². The third-order valence-electron chi connectivity index (χ3n) is 4.39. The van der Waals surface area contributed by atoms with Crippen LogP contribution in [0.2, 0.25) is 0 Å². The van der Waals surface area contributed by atoms with Gasteiger partial charge in [-0.2, -0.15) is 0 Å². The van der Waals surface area contributed by atoms with E-state index in [0.717, 1.165) is 25.7 Å². The Morgan fingerprint density at radius 2 is 1.91 bits per heavy atom. The summed E-state index contributed by atoms with van der Waals surface area (Å²) in [5, 5.41) is 11.9. The lowest BCUT2D eigenvalue weighted by Gasteiger charge is -2.12. The number of hydrogen-bond acceptors (Lipinski definition) is 2. The average molecular weight is 303 g/mol. The lowest BCUT2D eigenvalue weighted by atomic mass is 10.1. The molecule has 4 heteroatoms. The quantitative estimate of drug-likeness (QED) is 0.761. The maximum absolute atomic E-state index is 11.9. The predicted octanol–water partition coefficient (Wildman–Crippen LogP) is 3.08. The Morgan fingerprint density at radius 3 is 2.55 bits per heavy atom. The van der Waals surface area contributed by atoms with Gasteiger partial charge < -0.3 is 10.4 Å². The van der Waals surface area contributed by atoms with Crippen LogP contribution < -0.4 is 5.32 Å². The Morgan fingerprint density at radius 1 is 1.18 bits per heavy atom. The second kappa shape index (κ2) is 7.97. The van der Waals surface area contributed by atoms with E-state index in [9.17, 15) is 9.59 Å². The van der Waals surface area contributed by atoms with Gasteiger partial charge in [-0.1, -0.05) is 29.8 Å². The van der Waals surface area contributed by atoms with Crippen LogP contribution >= 0.6 is 0 Å². The van der Waals surface area contributed by atoms with E-state index >= 15 is 0 Å². The molecule has 0 aromatic heterocycles. The number of nitrogens with one attached hydrogen (secondary N) is 1. The smallest absolute Gasteiger partial charge is 0.306 e. The molecule has 2 rings (SSSR count). The Bertz CT molecular complexity index is 510. The molecule has 0 unspecified atom stereocenters. The van der Waals surface area contributed by atoms with E-state index in [4.69, 9.17) is 5.11 Å². The summed E-state index contributed by atoms with van der Waals surface area (Å²) in [6, 6.07) is 8.55. The Balaban J connectivity index is 1.60. The molecule has 120 valence electrons. The van der Waals surface area contributed by atoms with E-state index in [2.05, 4.69) is 36.5 Å². The van der Waals surface area contributed by atoms with Crippen molar-refractivity contribution in [1.29, 1.82) is 0 Å². The van der Waals surface area contributed by atoms with Crippen LogP contribution in [0, 0.1) is 12.8 Å². The van der Waals surface area contributed by atoms with Gasteiger partial charge in [0.2, 0.25) is 5.91 Å². The van der Waals surface area contributed by atoms with Gasteiger partial charge in [-0.3, -0.25) is 9.59 Å². The molecule has 0 heterocycles. The highest BCUT2D eigenvalue weighted by atomic mass is 16.4. The van der Waals surface area contributed by atoms with Crippen molar-refractivity contribution in [2.45, 2.75) is 57.9 Å². The summed E-state index contributed by atoms with van der Waals surface area (Å²) in [5.41, 5.74) is 2.57. The molecule has 2 N–H and O–H groups in total. The van der Waals surface area contributed by atoms with Crippen LogP contribution in [0.4, 0.5) is 0 Å². The highest BCUT2D eigenvalue weighted by Crippen LogP contribution is 2.25. The topological polar surface area (TPSA) is 66.4 Å². The van der Waals surface area contributed by atoms with Crippen molar-refractivity contribution in [2.75, 3.05) is 0 Å². The lowest BCUT2D eigenvalue weighted by molar-refractivity contribution is -0.141. The average Bonchev–Trinajstić information content (AvgIpc) is 2.94. The van der Waals surface area contributed by atoms with E-state index in [1.165, 1.54) is 11.1 Å². The Hall–Kier alpha value is -1.84. The molecular formula is C18H25NO3. The summed E-state index contributed by atoms with van der Waals surface area (Å²) in [6.45, 7) is 2.08. The SMILES string of the molecule is Cc1ccc(CCCCC(=O)N[C@H]2CC[C@@H](C(=O)O)C2)cc1. The van der Waals surface area contributed by atoms with E-state index in [1.54, 1.807) is 0 Å². The Kier molecular flexibility index (Phi) is 5.99. The molecular weight excluding hydrogens is 278 g/mol. The zero-order valence-electron chi connectivity index (χ0n) is 13.2. The van der Waals surface area contributed by atoms with Crippen molar-refractivity contribution in [2.24, 2.45) is 5.92 Å². The number of carboxylic acids is 1. The van der Waals surface area contributed by atoms with Gasteiger partial charge in [-0.05, 0) is 51.0 Å². The zero-order chi connectivity index (χ0) is 15.9. The van der Waals surface area contributed by atoms with Crippen LogP contribution in [-0.2, 0) is 16.0 Å². The van der Waals surface area contributed by atoms with Crippen LogP contribution in [-0.4, -0.2) is 23.0 Å². The first-order valence-electron chi connectivity index (χ1n) is 8.12. The number of hydrogen-bond donors (Lipinski definition) is 2. The van der Waals surface area contributed by atoms with Crippen molar-refractivity contribution in [3.05, 3.63) is 35.4 Å². The van der Waals surface area contributed by atoms with Gasteiger partial charge in [0.1, 0.15) is 0 Å². The molecule has 0 radical (unpaired) electrons. The highest BCUT2D eigenvalue weighted by molar-refractivity contribution is 5.76. The number of benzene rings is 1. The summed E-state index contributed by atoms with van der Waals surface area (Å²) >= 11 is 0. The van der Waals surface area contributed by atoms with E-state index in [-0.39, 0.29) is 17.9 Å². The van der Waals surface area contributed by atoms with Crippen molar-refractivity contribution in [3.8, 4) is 0 Å². The second-order valence-corrected chi connectivity index (χ2v) is 6.31. The molecule has 1 aromatic carbocycles. The summed E-state index contributed by atoms with van der Waals surface area (Å²) < 4.78 is 0. The minimum absolute atomic E-state index is 0.0469.